The molecule has 2 saturated heterocycles. The Morgan fingerprint density at radius 2 is 1.82 bits per heavy atom. The molecule has 44 heavy (non-hydrogen) atoms. The van der Waals surface area contributed by atoms with Crippen molar-refractivity contribution in [1.82, 2.24) is 9.62 Å². The molecule has 3 aliphatic rings. The van der Waals surface area contributed by atoms with Gasteiger partial charge in [-0.3, -0.25) is 4.79 Å². The molecule has 5 rings (SSSR count). The van der Waals surface area contributed by atoms with E-state index in [-0.39, 0.29) is 48.6 Å². The number of benzene rings is 2. The molecular formula is C32H41N3O8S. The molecule has 2 aromatic carbocycles. The van der Waals surface area contributed by atoms with Crippen LogP contribution in [0.1, 0.15) is 37.8 Å². The summed E-state index contributed by atoms with van der Waals surface area (Å²) in [5.41, 5.74) is 6.63. The maximum Gasteiger partial charge on any atom is 0.407 e. The molecule has 12 heteroatoms. The highest BCUT2D eigenvalue weighted by atomic mass is 32.2. The summed E-state index contributed by atoms with van der Waals surface area (Å²) >= 11 is 0. The number of sulfonamides is 1. The smallest absolute Gasteiger partial charge is 0.407 e. The van der Waals surface area contributed by atoms with Crippen LogP contribution in [0.3, 0.4) is 0 Å². The van der Waals surface area contributed by atoms with E-state index < -0.39 is 40.3 Å². The van der Waals surface area contributed by atoms with E-state index in [1.807, 2.05) is 44.2 Å². The molecule has 238 valence electrons. The molecule has 0 radical (unpaired) electrons. The van der Waals surface area contributed by atoms with Crippen LogP contribution in [0, 0.1) is 17.8 Å². The second-order valence-corrected chi connectivity index (χ2v) is 14.2. The molecule has 2 aliphatic heterocycles. The minimum atomic E-state index is -4.03. The van der Waals surface area contributed by atoms with Crippen LogP contribution >= 0.6 is 0 Å². The number of carbonyl (C=O) groups excluding carboxylic acids is 2. The first-order valence-corrected chi connectivity index (χ1v) is 16.5. The number of nitrogens with zero attached hydrogens (tertiary/aromatic N) is 1. The number of nitrogens with two attached hydrogens (primary N) is 1. The Morgan fingerprint density at radius 3 is 2.50 bits per heavy atom. The molecule has 0 aromatic heterocycles. The van der Waals surface area contributed by atoms with Gasteiger partial charge in [-0.1, -0.05) is 56.3 Å². The van der Waals surface area contributed by atoms with Gasteiger partial charge in [-0.15, -0.1) is 0 Å². The van der Waals surface area contributed by atoms with Crippen molar-refractivity contribution in [1.29, 1.82) is 0 Å². The quantitative estimate of drug-likeness (QED) is 0.286. The number of primary amides is 1. The third-order valence-electron chi connectivity index (χ3n) is 8.37. The average Bonchev–Trinajstić information content (AvgIpc) is 3.28. The Balaban J connectivity index is 1.32. The van der Waals surface area contributed by atoms with Crippen LogP contribution in [0.2, 0.25) is 0 Å². The summed E-state index contributed by atoms with van der Waals surface area (Å²) in [5.74, 6) is -0.280. The van der Waals surface area contributed by atoms with Crippen LogP contribution in [0.5, 0.6) is 0 Å². The summed E-state index contributed by atoms with van der Waals surface area (Å²) in [6.45, 7) is 4.14. The van der Waals surface area contributed by atoms with Crippen molar-refractivity contribution in [3.63, 3.8) is 0 Å². The highest BCUT2D eigenvalue weighted by Crippen LogP contribution is 2.46. The van der Waals surface area contributed by atoms with Crippen LogP contribution in [-0.4, -0.2) is 80.2 Å². The van der Waals surface area contributed by atoms with Crippen molar-refractivity contribution in [2.24, 2.45) is 23.5 Å². The topological polar surface area (TPSA) is 157 Å². The maximum absolute atomic E-state index is 13.8. The zero-order chi connectivity index (χ0) is 31.4. The molecule has 1 saturated carbocycles. The summed E-state index contributed by atoms with van der Waals surface area (Å²) in [6, 6.07) is 14.6. The lowest BCUT2D eigenvalue weighted by Gasteiger charge is -2.37. The molecule has 7 atom stereocenters. The van der Waals surface area contributed by atoms with Crippen molar-refractivity contribution < 1.29 is 37.3 Å². The first-order valence-electron chi connectivity index (χ1n) is 15.0. The highest BCUT2D eigenvalue weighted by molar-refractivity contribution is 7.89. The van der Waals surface area contributed by atoms with Gasteiger partial charge in [-0.05, 0) is 54.5 Å². The van der Waals surface area contributed by atoms with Crippen LogP contribution in [-0.2, 0) is 35.4 Å². The molecule has 2 amide bonds. The van der Waals surface area contributed by atoms with Crippen LogP contribution in [0.15, 0.2) is 65.6 Å². The van der Waals surface area contributed by atoms with Gasteiger partial charge < -0.3 is 30.4 Å². The number of aliphatic hydroxyl groups excluding tert-OH is 1. The molecule has 3 fully saturated rings. The number of ether oxygens (including phenoxy) is 3. The summed E-state index contributed by atoms with van der Waals surface area (Å²) in [7, 11) is -4.03. The van der Waals surface area contributed by atoms with E-state index in [9.17, 15) is 23.1 Å². The van der Waals surface area contributed by atoms with E-state index >= 15 is 0 Å². The van der Waals surface area contributed by atoms with Gasteiger partial charge in [-0.2, -0.15) is 4.31 Å². The predicted octanol–water partition coefficient (Wildman–Crippen LogP) is 2.68. The number of nitrogens with one attached hydrogen (secondary N) is 1. The van der Waals surface area contributed by atoms with Gasteiger partial charge in [0.15, 0.2) is 6.29 Å². The number of hydrogen-bond donors (Lipinski definition) is 3. The van der Waals surface area contributed by atoms with E-state index in [2.05, 4.69) is 5.32 Å². The van der Waals surface area contributed by atoms with Gasteiger partial charge in [-0.25, -0.2) is 13.2 Å². The standard InChI is InChI=1S/C32H41N3O8S/c1-20(2)17-35(44(39,40)25-11-8-21(9-12-25)10-13-29(33)37)18-27(36)26(14-22-6-4-3-5-7-22)34-32(38)43-30-24-15-23-16-28(30)42-31(23)41-19-24/h3-13,20,23-24,26-28,30-31,36H,14-19H2,1-2H3,(H2,33,37)(H,34,38)/b13-10+/t23?,24?,26-,27+,28?,30?,31?/m0/s1. The van der Waals surface area contributed by atoms with Crippen LogP contribution in [0.25, 0.3) is 6.08 Å². The number of aliphatic hydroxyl groups is 1. The summed E-state index contributed by atoms with van der Waals surface area (Å²) < 4.78 is 46.4. The second-order valence-electron chi connectivity index (χ2n) is 12.3. The first-order chi connectivity index (χ1) is 21.0. The van der Waals surface area contributed by atoms with Crippen LogP contribution < -0.4 is 11.1 Å². The molecule has 2 heterocycles. The van der Waals surface area contributed by atoms with Gasteiger partial charge >= 0.3 is 6.09 Å². The Kier molecular flexibility index (Phi) is 10.1. The van der Waals surface area contributed by atoms with Gasteiger partial charge in [0.2, 0.25) is 15.9 Å². The highest BCUT2D eigenvalue weighted by Gasteiger charge is 2.53. The molecule has 3 bridgehead atoms. The number of alkyl carbamates (subject to hydrolysis) is 1. The summed E-state index contributed by atoms with van der Waals surface area (Å²) in [6.07, 6.45) is 1.74. The summed E-state index contributed by atoms with van der Waals surface area (Å²) in [4.78, 5) is 24.4. The van der Waals surface area contributed by atoms with Crippen molar-refractivity contribution in [2.75, 3.05) is 19.7 Å². The minimum absolute atomic E-state index is 0.0396. The zero-order valence-corrected chi connectivity index (χ0v) is 25.8. The fourth-order valence-electron chi connectivity index (χ4n) is 6.28. The predicted molar refractivity (Wildman–Crippen MR) is 162 cm³/mol. The summed E-state index contributed by atoms with van der Waals surface area (Å²) in [5, 5.41) is 14.4. The number of amides is 2. The van der Waals surface area contributed by atoms with E-state index in [4.69, 9.17) is 19.9 Å². The molecule has 0 spiro atoms. The maximum atomic E-state index is 13.8. The Morgan fingerprint density at radius 1 is 1.09 bits per heavy atom. The van der Waals surface area contributed by atoms with Gasteiger partial charge in [0, 0.05) is 31.0 Å². The molecule has 5 unspecified atom stereocenters. The van der Waals surface area contributed by atoms with Crippen molar-refractivity contribution in [2.45, 2.75) is 68.6 Å². The van der Waals surface area contributed by atoms with Gasteiger partial charge in [0.05, 0.1) is 29.8 Å². The second kappa shape index (κ2) is 13.8. The average molecular weight is 628 g/mol. The Labute approximate surface area is 258 Å². The monoisotopic (exact) mass is 627 g/mol. The fraction of sp³-hybridized carbons (Fsp3) is 0.500. The number of rotatable bonds is 13. The Bertz CT molecular complexity index is 1430. The Hall–Kier alpha value is -3.29. The lowest BCUT2D eigenvalue weighted by molar-refractivity contribution is -0.153. The van der Waals surface area contributed by atoms with E-state index in [1.54, 1.807) is 12.1 Å². The number of hydrogen-bond acceptors (Lipinski definition) is 8. The minimum Gasteiger partial charge on any atom is -0.443 e. The van der Waals surface area contributed by atoms with Gasteiger partial charge in [0.1, 0.15) is 6.10 Å². The molecule has 2 aromatic rings. The van der Waals surface area contributed by atoms with Crippen molar-refractivity contribution in [3.05, 3.63) is 71.8 Å². The largest absolute Gasteiger partial charge is 0.443 e. The van der Waals surface area contributed by atoms with E-state index in [0.717, 1.165) is 18.4 Å². The van der Waals surface area contributed by atoms with E-state index in [1.165, 1.54) is 28.6 Å². The molecule has 4 N–H and O–H groups in total. The van der Waals surface area contributed by atoms with Crippen LogP contribution in [0.4, 0.5) is 4.79 Å². The molecule has 1 aliphatic carbocycles. The third kappa shape index (κ3) is 7.67. The first kappa shape index (κ1) is 32.1. The van der Waals surface area contributed by atoms with Crippen molar-refractivity contribution in [3.8, 4) is 0 Å². The fourth-order valence-corrected chi connectivity index (χ4v) is 7.90. The van der Waals surface area contributed by atoms with Crippen molar-refractivity contribution >= 4 is 28.1 Å². The molecule has 11 nitrogen and oxygen atoms in total. The number of fused-ring (bicyclic) bond motifs is 2. The zero-order valence-electron chi connectivity index (χ0n) is 25.0. The lowest BCUT2D eigenvalue weighted by Crippen LogP contribution is -2.53. The van der Waals surface area contributed by atoms with Gasteiger partial charge in [0.25, 0.3) is 0 Å². The normalized spacial score (nSPS) is 25.8. The SMILES string of the molecule is CC(C)CN(C[C@@H](O)[C@H](Cc1ccccc1)NC(=O)OC1C2COC3OC1CC3C2)S(=O)(=O)c1ccc(/C=C/C(N)=O)cc1. The number of carbonyl (C=O) groups is 2. The third-order valence-corrected chi connectivity index (χ3v) is 10.2. The molecular weight excluding hydrogens is 586 g/mol. The van der Waals surface area contributed by atoms with E-state index in [0.29, 0.717) is 18.1 Å². The lowest BCUT2D eigenvalue weighted by atomic mass is 9.78.